The fourth-order valence-electron chi connectivity index (χ4n) is 1.53. The van der Waals surface area contributed by atoms with Crippen LogP contribution in [0.5, 0.6) is 0 Å². The van der Waals surface area contributed by atoms with E-state index in [9.17, 15) is 14.0 Å². The number of halogens is 1. The summed E-state index contributed by atoms with van der Waals surface area (Å²) in [5.74, 6) is 0. The van der Waals surface area contributed by atoms with Gasteiger partial charge in [-0.25, -0.2) is 9.18 Å². The Balaban J connectivity index is 3.18. The molecule has 3 N–H and O–H groups in total. The molecule has 1 aromatic rings. The molecule has 0 aliphatic heterocycles. The number of aromatic nitrogens is 2. The molecule has 0 atom stereocenters. The van der Waals surface area contributed by atoms with E-state index in [-0.39, 0.29) is 25.4 Å². The van der Waals surface area contributed by atoms with E-state index in [0.29, 0.717) is 5.69 Å². The maximum absolute atomic E-state index is 12.3. The molecule has 0 spiro atoms. The molecule has 0 aliphatic carbocycles. The van der Waals surface area contributed by atoms with Gasteiger partial charge in [0.25, 0.3) is 5.56 Å². The third-order valence-electron chi connectivity index (χ3n) is 2.14. The lowest BCUT2D eigenvalue weighted by Crippen LogP contribution is -2.37. The van der Waals surface area contributed by atoms with Gasteiger partial charge in [0.1, 0.15) is 12.4 Å². The normalized spacial score (nSPS) is 10.4. The van der Waals surface area contributed by atoms with Gasteiger partial charge >= 0.3 is 5.69 Å². The van der Waals surface area contributed by atoms with E-state index in [1.54, 1.807) is 6.92 Å². The first kappa shape index (κ1) is 12.4. The summed E-state index contributed by atoms with van der Waals surface area (Å²) in [5.41, 5.74) is -0.638. The molecule has 1 heterocycles. The minimum absolute atomic E-state index is 0.00345. The highest BCUT2D eigenvalue weighted by Crippen LogP contribution is 2.09. The summed E-state index contributed by atoms with van der Waals surface area (Å²) < 4.78 is 12.3. The van der Waals surface area contributed by atoms with Gasteiger partial charge in [-0.2, -0.15) is 0 Å². The summed E-state index contributed by atoms with van der Waals surface area (Å²) in [6.45, 7) is 0.848. The van der Waals surface area contributed by atoms with E-state index in [1.807, 2.05) is 0 Å². The lowest BCUT2D eigenvalue weighted by Gasteiger charge is -2.22. The first-order valence-corrected chi connectivity index (χ1v) is 4.85. The number of nitrogens with one attached hydrogen (secondary N) is 2. The van der Waals surface area contributed by atoms with Crippen molar-refractivity contribution in [3.8, 4) is 0 Å². The van der Waals surface area contributed by atoms with Crippen molar-refractivity contribution in [3.63, 3.8) is 0 Å². The van der Waals surface area contributed by atoms with Gasteiger partial charge in [0, 0.05) is 18.8 Å². The topological polar surface area (TPSA) is 89.2 Å². The monoisotopic (exact) mass is 231 g/mol. The highest BCUT2D eigenvalue weighted by Gasteiger charge is 2.13. The van der Waals surface area contributed by atoms with Gasteiger partial charge < -0.3 is 15.0 Å². The Labute approximate surface area is 90.7 Å². The fourth-order valence-corrected chi connectivity index (χ4v) is 1.53. The second-order valence-electron chi connectivity index (χ2n) is 3.28. The Bertz CT molecular complexity index is 448. The third-order valence-corrected chi connectivity index (χ3v) is 2.14. The molecular weight excluding hydrogens is 217 g/mol. The number of alkyl halides is 1. The van der Waals surface area contributed by atoms with Crippen LogP contribution in [0.4, 0.5) is 10.1 Å². The molecule has 0 bridgehead atoms. The molecule has 0 amide bonds. The maximum atomic E-state index is 12.3. The van der Waals surface area contributed by atoms with Crippen molar-refractivity contribution >= 4 is 5.69 Å². The van der Waals surface area contributed by atoms with Crippen LogP contribution in [-0.4, -0.2) is 41.4 Å². The van der Waals surface area contributed by atoms with E-state index in [2.05, 4.69) is 9.97 Å². The summed E-state index contributed by atoms with van der Waals surface area (Å²) in [6.07, 6.45) is 0. The molecule has 1 aromatic heterocycles. The molecule has 0 radical (unpaired) electrons. The van der Waals surface area contributed by atoms with Gasteiger partial charge in [0.2, 0.25) is 0 Å². The van der Waals surface area contributed by atoms with Gasteiger partial charge in [-0.1, -0.05) is 0 Å². The Kier molecular flexibility index (Phi) is 4.24. The molecule has 0 saturated heterocycles. The second kappa shape index (κ2) is 5.45. The van der Waals surface area contributed by atoms with Crippen LogP contribution >= 0.6 is 0 Å². The van der Waals surface area contributed by atoms with Gasteiger partial charge in [-0.3, -0.25) is 9.78 Å². The Hall–Kier alpha value is -1.63. The molecule has 0 aromatic carbocycles. The van der Waals surface area contributed by atoms with E-state index in [4.69, 9.17) is 5.11 Å². The number of aliphatic hydroxyl groups is 1. The molecule has 7 heteroatoms. The van der Waals surface area contributed by atoms with Crippen LogP contribution < -0.4 is 16.1 Å². The average molecular weight is 231 g/mol. The lowest BCUT2D eigenvalue weighted by molar-refractivity contribution is 0.300. The zero-order valence-electron chi connectivity index (χ0n) is 8.92. The zero-order valence-corrected chi connectivity index (χ0v) is 8.92. The van der Waals surface area contributed by atoms with Crippen LogP contribution in [-0.2, 0) is 0 Å². The summed E-state index contributed by atoms with van der Waals surface area (Å²) in [5, 5.41) is 8.81. The van der Waals surface area contributed by atoms with E-state index >= 15 is 0 Å². The van der Waals surface area contributed by atoms with Crippen molar-refractivity contribution in [2.24, 2.45) is 0 Å². The first-order valence-electron chi connectivity index (χ1n) is 4.85. The molecular formula is C9H14FN3O3. The van der Waals surface area contributed by atoms with Crippen LogP contribution in [0.15, 0.2) is 9.59 Å². The number of hydrogen-bond donors (Lipinski definition) is 3. The molecule has 0 fully saturated rings. The summed E-state index contributed by atoms with van der Waals surface area (Å²) in [4.78, 5) is 28.4. The molecule has 90 valence electrons. The van der Waals surface area contributed by atoms with Gasteiger partial charge in [0.15, 0.2) is 0 Å². The van der Waals surface area contributed by atoms with Gasteiger partial charge in [-0.15, -0.1) is 0 Å². The predicted molar refractivity (Wildman–Crippen MR) is 57.7 cm³/mol. The number of aryl methyl sites for hydroxylation is 1. The first-order chi connectivity index (χ1) is 7.60. The fraction of sp³-hybridized carbons (Fsp3) is 0.556. The second-order valence-corrected chi connectivity index (χ2v) is 3.28. The quantitative estimate of drug-likeness (QED) is 0.615. The largest absolute Gasteiger partial charge is 0.395 e. The standard InChI is InChI=1S/C9H14FN3O3/c1-6-7(8(15)12-9(16)11-6)13(3-2-10)4-5-14/h14H,2-5H2,1H3,(H2,11,12,15,16). The predicted octanol–water partition coefficient (Wildman–Crippen LogP) is -0.860. The molecule has 0 saturated carbocycles. The Morgan fingerprint density at radius 1 is 1.31 bits per heavy atom. The van der Waals surface area contributed by atoms with Crippen LogP contribution in [0.3, 0.4) is 0 Å². The lowest BCUT2D eigenvalue weighted by atomic mass is 10.3. The molecule has 0 unspecified atom stereocenters. The summed E-state index contributed by atoms with van der Waals surface area (Å²) >= 11 is 0. The number of nitrogens with zero attached hydrogens (tertiary/aromatic N) is 1. The minimum atomic E-state index is -0.641. The Morgan fingerprint density at radius 3 is 2.50 bits per heavy atom. The van der Waals surface area contributed by atoms with Crippen LogP contribution in [0.1, 0.15) is 5.69 Å². The number of H-pyrrole nitrogens is 2. The van der Waals surface area contributed by atoms with Crippen molar-refractivity contribution in [1.29, 1.82) is 0 Å². The number of anilines is 1. The number of hydrogen-bond acceptors (Lipinski definition) is 4. The maximum Gasteiger partial charge on any atom is 0.326 e. The smallest absolute Gasteiger partial charge is 0.326 e. The minimum Gasteiger partial charge on any atom is -0.395 e. The molecule has 16 heavy (non-hydrogen) atoms. The van der Waals surface area contributed by atoms with Crippen LogP contribution in [0.2, 0.25) is 0 Å². The SMILES string of the molecule is Cc1[nH]c(=O)[nH]c(=O)c1N(CCO)CCF. The number of aromatic amines is 2. The van der Waals surface area contributed by atoms with Crippen LogP contribution in [0, 0.1) is 6.92 Å². The van der Waals surface area contributed by atoms with Crippen LogP contribution in [0.25, 0.3) is 0 Å². The third kappa shape index (κ3) is 2.69. The van der Waals surface area contributed by atoms with E-state index in [1.165, 1.54) is 4.90 Å². The highest BCUT2D eigenvalue weighted by atomic mass is 19.1. The van der Waals surface area contributed by atoms with E-state index < -0.39 is 17.9 Å². The van der Waals surface area contributed by atoms with Crippen molar-refractivity contribution in [3.05, 3.63) is 26.5 Å². The zero-order chi connectivity index (χ0) is 12.1. The highest BCUT2D eigenvalue weighted by molar-refractivity contribution is 5.47. The van der Waals surface area contributed by atoms with Crippen molar-refractivity contribution in [2.45, 2.75) is 6.92 Å². The van der Waals surface area contributed by atoms with Gasteiger partial charge in [0.05, 0.1) is 6.61 Å². The van der Waals surface area contributed by atoms with Gasteiger partial charge in [-0.05, 0) is 6.92 Å². The van der Waals surface area contributed by atoms with E-state index in [0.717, 1.165) is 0 Å². The molecule has 6 nitrogen and oxygen atoms in total. The Morgan fingerprint density at radius 2 is 2.00 bits per heavy atom. The molecule has 1 rings (SSSR count). The molecule has 0 aliphatic rings. The summed E-state index contributed by atoms with van der Waals surface area (Å²) in [7, 11) is 0. The number of aliphatic hydroxyl groups excluding tert-OH is 1. The number of rotatable bonds is 5. The average Bonchev–Trinajstić information content (AvgIpc) is 2.16. The van der Waals surface area contributed by atoms with Crippen molar-refractivity contribution in [1.82, 2.24) is 9.97 Å². The van der Waals surface area contributed by atoms with Crippen molar-refractivity contribution in [2.75, 3.05) is 31.3 Å². The van der Waals surface area contributed by atoms with Crippen molar-refractivity contribution < 1.29 is 9.50 Å². The summed E-state index contributed by atoms with van der Waals surface area (Å²) in [6, 6.07) is 0.